The molecule has 3 aromatic heterocycles. The first kappa shape index (κ1) is 30.8. The van der Waals surface area contributed by atoms with Gasteiger partial charge < -0.3 is 34.1 Å². The van der Waals surface area contributed by atoms with Crippen molar-refractivity contribution < 1.29 is 9.30 Å². The Kier molecular flexibility index (Phi) is 8.88. The fourth-order valence-corrected chi connectivity index (χ4v) is 7.96. The third kappa shape index (κ3) is 6.44. The van der Waals surface area contributed by atoms with Gasteiger partial charge in [-0.3, -0.25) is 4.90 Å². The lowest BCUT2D eigenvalue weighted by molar-refractivity contribution is 0.0982. The van der Waals surface area contributed by atoms with Gasteiger partial charge in [0.15, 0.2) is 0 Å². The Labute approximate surface area is 267 Å². The first-order chi connectivity index (χ1) is 21.1. The molecule has 4 aromatic rings. The number of rotatable bonds is 8. The molecular formula is C31H41BrN9O2P. The number of hydrogen-bond acceptors (Lipinski definition) is 10. The van der Waals surface area contributed by atoms with Crippen LogP contribution in [0.1, 0.15) is 18.4 Å². The summed E-state index contributed by atoms with van der Waals surface area (Å²) in [6, 6.07) is 6.79. The maximum atomic E-state index is 13.3. The summed E-state index contributed by atoms with van der Waals surface area (Å²) in [6.07, 6.45) is 9.49. The quantitative estimate of drug-likeness (QED) is 0.243. The lowest BCUT2D eigenvalue weighted by Gasteiger charge is -2.43. The molecule has 0 aliphatic carbocycles. The Morgan fingerprint density at radius 2 is 1.75 bits per heavy atom. The number of aromatic nitrogens is 4. The third-order valence-electron chi connectivity index (χ3n) is 8.70. The fourth-order valence-electron chi connectivity index (χ4n) is 6.31. The number of imidazole rings is 1. The molecule has 1 aromatic carbocycles. The van der Waals surface area contributed by atoms with Gasteiger partial charge in [0.05, 0.1) is 28.3 Å². The highest BCUT2D eigenvalue weighted by molar-refractivity contribution is 9.10. The molecular weight excluding hydrogens is 641 g/mol. The van der Waals surface area contributed by atoms with Crippen molar-refractivity contribution in [2.45, 2.75) is 25.8 Å². The second-order valence-corrected chi connectivity index (χ2v) is 16.1. The molecule has 234 valence electrons. The van der Waals surface area contributed by atoms with Gasteiger partial charge in [-0.25, -0.2) is 9.97 Å². The topological polar surface area (TPSA) is 103 Å². The van der Waals surface area contributed by atoms with E-state index in [9.17, 15) is 4.57 Å². The van der Waals surface area contributed by atoms with E-state index in [-0.39, 0.29) is 0 Å². The van der Waals surface area contributed by atoms with Crippen LogP contribution in [0, 0.1) is 6.92 Å². The van der Waals surface area contributed by atoms with Crippen molar-refractivity contribution in [3.63, 3.8) is 0 Å². The number of methoxy groups -OCH3 is 1. The monoisotopic (exact) mass is 681 g/mol. The molecule has 5 heterocycles. The van der Waals surface area contributed by atoms with Gasteiger partial charge in [-0.2, -0.15) is 4.98 Å². The number of pyridine rings is 1. The third-order valence-corrected chi connectivity index (χ3v) is 10.8. The normalized spacial score (nSPS) is 17.3. The number of likely N-dealkylation sites (N-methyl/N-ethyl adjacent to an activating group) is 1. The van der Waals surface area contributed by atoms with E-state index in [0.717, 1.165) is 37.6 Å². The second-order valence-electron chi connectivity index (χ2n) is 12.1. The van der Waals surface area contributed by atoms with Crippen molar-refractivity contribution in [1.29, 1.82) is 0 Å². The zero-order chi connectivity index (χ0) is 31.0. The van der Waals surface area contributed by atoms with Crippen molar-refractivity contribution >= 4 is 62.9 Å². The molecule has 2 fully saturated rings. The zero-order valence-electron chi connectivity index (χ0n) is 26.0. The molecule has 11 nitrogen and oxygen atoms in total. The van der Waals surface area contributed by atoms with Crippen LogP contribution in [-0.2, 0) is 4.57 Å². The van der Waals surface area contributed by atoms with Crippen LogP contribution in [0.15, 0.2) is 47.5 Å². The number of halogens is 1. The largest absolute Gasteiger partial charge is 0.494 e. The van der Waals surface area contributed by atoms with Gasteiger partial charge in [-0.15, -0.1) is 0 Å². The van der Waals surface area contributed by atoms with E-state index in [0.29, 0.717) is 38.9 Å². The van der Waals surface area contributed by atoms with Crippen LogP contribution < -0.4 is 25.6 Å². The minimum absolute atomic E-state index is 0.411. The Morgan fingerprint density at radius 1 is 1.00 bits per heavy atom. The number of nitrogens with one attached hydrogen (secondary N) is 2. The Balaban J connectivity index is 1.20. The summed E-state index contributed by atoms with van der Waals surface area (Å²) in [7, 11) is 1.22. The molecule has 44 heavy (non-hydrogen) atoms. The number of piperazine rings is 1. The van der Waals surface area contributed by atoms with E-state index in [2.05, 4.69) is 77.3 Å². The molecule has 0 radical (unpaired) electrons. The molecule has 2 aliphatic heterocycles. The number of ether oxygens (including phenoxy) is 1. The van der Waals surface area contributed by atoms with E-state index in [1.54, 1.807) is 32.8 Å². The molecule has 0 bridgehead atoms. The minimum atomic E-state index is -2.68. The second kappa shape index (κ2) is 12.7. The number of benzene rings is 1. The smallest absolute Gasteiger partial charge is 0.229 e. The maximum absolute atomic E-state index is 13.3. The molecule has 6 rings (SSSR count). The number of hydrogen-bond donors (Lipinski definition) is 2. The molecule has 0 spiro atoms. The summed E-state index contributed by atoms with van der Waals surface area (Å²) in [5.41, 5.74) is 4.52. The van der Waals surface area contributed by atoms with Crippen LogP contribution in [0.5, 0.6) is 5.75 Å². The standard InChI is InChI=1S/C31H41BrN9O2P/c1-21-18-25(27(43-3)19-26(21)40-10-6-22(7-11-40)39-16-14-38(2)15-17-39)36-31-34-20-23(32)29(37-31)35-24-8-12-41-13-9-33-30(41)28(24)44(4,5)42/h8-9,12-13,18-20,22H,6-7,10-11,14-17H2,1-5H3,(H2,34,35,36,37). The first-order valence-corrected chi connectivity index (χ1v) is 18.4. The van der Waals surface area contributed by atoms with Crippen LogP contribution >= 0.6 is 23.1 Å². The van der Waals surface area contributed by atoms with E-state index >= 15 is 0 Å². The molecule has 0 saturated carbocycles. The van der Waals surface area contributed by atoms with Crippen molar-refractivity contribution in [3.8, 4) is 5.75 Å². The van der Waals surface area contributed by atoms with Crippen LogP contribution in [0.4, 0.5) is 28.8 Å². The minimum Gasteiger partial charge on any atom is -0.494 e. The van der Waals surface area contributed by atoms with Crippen molar-refractivity contribution in [2.24, 2.45) is 0 Å². The summed E-state index contributed by atoms with van der Waals surface area (Å²) in [6.45, 7) is 12.4. The molecule has 0 amide bonds. The average molecular weight is 683 g/mol. The lowest BCUT2D eigenvalue weighted by Crippen LogP contribution is -2.52. The van der Waals surface area contributed by atoms with Gasteiger partial charge in [-0.05, 0) is 73.8 Å². The summed E-state index contributed by atoms with van der Waals surface area (Å²) < 4.78 is 21.7. The molecule has 13 heteroatoms. The van der Waals surface area contributed by atoms with E-state index < -0.39 is 7.14 Å². The van der Waals surface area contributed by atoms with Crippen molar-refractivity contribution in [1.82, 2.24) is 29.2 Å². The van der Waals surface area contributed by atoms with Crippen LogP contribution in [0.3, 0.4) is 0 Å². The van der Waals surface area contributed by atoms with Gasteiger partial charge in [-0.1, -0.05) is 0 Å². The average Bonchev–Trinajstić information content (AvgIpc) is 3.47. The fraction of sp³-hybridized carbons (Fsp3) is 0.452. The number of fused-ring (bicyclic) bond motifs is 1. The highest BCUT2D eigenvalue weighted by Gasteiger charge is 2.28. The van der Waals surface area contributed by atoms with Gasteiger partial charge >= 0.3 is 0 Å². The maximum Gasteiger partial charge on any atom is 0.229 e. The molecule has 2 N–H and O–H groups in total. The summed E-state index contributed by atoms with van der Waals surface area (Å²) in [4.78, 5) is 21.3. The van der Waals surface area contributed by atoms with Crippen LogP contribution in [0.2, 0.25) is 0 Å². The predicted octanol–water partition coefficient (Wildman–Crippen LogP) is 5.16. The summed E-state index contributed by atoms with van der Waals surface area (Å²) in [5, 5.41) is 7.40. The number of nitrogens with zero attached hydrogens (tertiary/aromatic N) is 7. The summed E-state index contributed by atoms with van der Waals surface area (Å²) in [5.74, 6) is 1.69. The van der Waals surface area contributed by atoms with Gasteiger partial charge in [0.2, 0.25) is 5.95 Å². The van der Waals surface area contributed by atoms with Gasteiger partial charge in [0.1, 0.15) is 24.4 Å². The SMILES string of the molecule is COc1cc(N2CCC(N3CCN(C)CC3)CC2)c(C)cc1Nc1ncc(Br)c(Nc2ccn3ccnc3c2P(C)(C)=O)n1. The van der Waals surface area contributed by atoms with Crippen molar-refractivity contribution in [2.75, 3.05) is 82.3 Å². The van der Waals surface area contributed by atoms with Crippen LogP contribution in [-0.4, -0.2) is 102 Å². The Hall–Kier alpha value is -3.18. The molecule has 0 unspecified atom stereocenters. The number of piperidine rings is 1. The zero-order valence-corrected chi connectivity index (χ0v) is 28.5. The Morgan fingerprint density at radius 3 is 2.45 bits per heavy atom. The van der Waals surface area contributed by atoms with Crippen LogP contribution in [0.25, 0.3) is 5.65 Å². The lowest BCUT2D eigenvalue weighted by atomic mass is 10.0. The number of aryl methyl sites for hydroxylation is 1. The highest BCUT2D eigenvalue weighted by atomic mass is 79.9. The predicted molar refractivity (Wildman–Crippen MR) is 183 cm³/mol. The van der Waals surface area contributed by atoms with E-state index in [1.165, 1.54) is 37.2 Å². The highest BCUT2D eigenvalue weighted by Crippen LogP contribution is 2.41. The van der Waals surface area contributed by atoms with Crippen molar-refractivity contribution in [3.05, 3.63) is 53.0 Å². The first-order valence-electron chi connectivity index (χ1n) is 15.0. The van der Waals surface area contributed by atoms with Gasteiger partial charge in [0, 0.05) is 81.9 Å². The van der Waals surface area contributed by atoms with E-state index in [1.807, 2.05) is 22.9 Å². The number of anilines is 5. The summed E-state index contributed by atoms with van der Waals surface area (Å²) >= 11 is 3.58. The molecule has 2 saturated heterocycles. The molecule has 2 aliphatic rings. The van der Waals surface area contributed by atoms with Gasteiger partial charge in [0.25, 0.3) is 0 Å². The molecule has 0 atom stereocenters. The Bertz CT molecular complexity index is 1690. The van der Waals surface area contributed by atoms with E-state index in [4.69, 9.17) is 9.72 Å².